The van der Waals surface area contributed by atoms with E-state index in [9.17, 15) is 0 Å². The SMILES string of the molecule is CC(C)NC(N)=NCC1CN2CCCC2CO1. The maximum Gasteiger partial charge on any atom is 0.188 e. The smallest absolute Gasteiger partial charge is 0.188 e. The molecule has 0 aromatic rings. The van der Waals surface area contributed by atoms with Crippen LogP contribution in [0.1, 0.15) is 26.7 Å². The summed E-state index contributed by atoms with van der Waals surface area (Å²) in [4.78, 5) is 6.86. The molecule has 0 aliphatic carbocycles. The van der Waals surface area contributed by atoms with Gasteiger partial charge in [0.05, 0.1) is 19.3 Å². The molecule has 2 unspecified atom stereocenters. The third-order valence-electron chi connectivity index (χ3n) is 3.36. The highest BCUT2D eigenvalue weighted by Crippen LogP contribution is 2.22. The van der Waals surface area contributed by atoms with Crippen molar-refractivity contribution in [2.45, 2.75) is 44.9 Å². The van der Waals surface area contributed by atoms with E-state index >= 15 is 0 Å². The van der Waals surface area contributed by atoms with Gasteiger partial charge in [-0.1, -0.05) is 0 Å². The molecule has 98 valence electrons. The Kier molecular flexibility index (Phi) is 4.23. The van der Waals surface area contributed by atoms with E-state index in [4.69, 9.17) is 10.5 Å². The first kappa shape index (κ1) is 12.6. The molecule has 0 saturated carbocycles. The van der Waals surface area contributed by atoms with Gasteiger partial charge < -0.3 is 15.8 Å². The van der Waals surface area contributed by atoms with Crippen molar-refractivity contribution in [3.05, 3.63) is 0 Å². The maximum atomic E-state index is 5.82. The standard InChI is InChI=1S/C12H24N4O/c1-9(2)15-12(13)14-6-11-7-16-5-3-4-10(16)8-17-11/h9-11H,3-8H2,1-2H3,(H3,13,14,15). The molecule has 0 radical (unpaired) electrons. The lowest BCUT2D eigenvalue weighted by Crippen LogP contribution is -2.47. The van der Waals surface area contributed by atoms with Gasteiger partial charge in [0, 0.05) is 18.6 Å². The fourth-order valence-electron chi connectivity index (χ4n) is 2.54. The van der Waals surface area contributed by atoms with Gasteiger partial charge in [-0.3, -0.25) is 9.89 Å². The van der Waals surface area contributed by atoms with Gasteiger partial charge in [0.25, 0.3) is 0 Å². The van der Waals surface area contributed by atoms with Crippen LogP contribution in [0.2, 0.25) is 0 Å². The van der Waals surface area contributed by atoms with Crippen molar-refractivity contribution in [3.63, 3.8) is 0 Å². The van der Waals surface area contributed by atoms with E-state index in [1.54, 1.807) is 0 Å². The Morgan fingerprint density at radius 1 is 1.59 bits per heavy atom. The van der Waals surface area contributed by atoms with Crippen LogP contribution in [-0.4, -0.2) is 55.3 Å². The highest BCUT2D eigenvalue weighted by atomic mass is 16.5. The number of nitrogens with one attached hydrogen (secondary N) is 1. The Bertz CT molecular complexity index is 280. The fraction of sp³-hybridized carbons (Fsp3) is 0.917. The molecule has 17 heavy (non-hydrogen) atoms. The molecule has 5 nitrogen and oxygen atoms in total. The second-order valence-electron chi connectivity index (χ2n) is 5.27. The van der Waals surface area contributed by atoms with E-state index in [1.165, 1.54) is 19.4 Å². The van der Waals surface area contributed by atoms with Crippen LogP contribution in [0.15, 0.2) is 4.99 Å². The fourth-order valence-corrected chi connectivity index (χ4v) is 2.54. The largest absolute Gasteiger partial charge is 0.373 e. The summed E-state index contributed by atoms with van der Waals surface area (Å²) in [6, 6.07) is 0.982. The van der Waals surface area contributed by atoms with Gasteiger partial charge in [0.2, 0.25) is 0 Å². The molecular weight excluding hydrogens is 216 g/mol. The zero-order valence-corrected chi connectivity index (χ0v) is 10.9. The summed E-state index contributed by atoms with van der Waals surface area (Å²) in [5.74, 6) is 0.521. The Labute approximate surface area is 103 Å². The predicted octanol–water partition coefficient (Wildman–Crippen LogP) is 0.162. The lowest BCUT2D eigenvalue weighted by molar-refractivity contribution is -0.0432. The average Bonchev–Trinajstić information content (AvgIpc) is 2.72. The molecule has 2 saturated heterocycles. The number of guanidine groups is 1. The van der Waals surface area contributed by atoms with E-state index in [0.29, 0.717) is 24.6 Å². The first-order valence-electron chi connectivity index (χ1n) is 6.57. The minimum absolute atomic E-state index is 0.205. The van der Waals surface area contributed by atoms with Crippen LogP contribution in [-0.2, 0) is 4.74 Å². The number of nitrogens with two attached hydrogens (primary N) is 1. The number of rotatable bonds is 3. The van der Waals surface area contributed by atoms with Crippen molar-refractivity contribution >= 4 is 5.96 Å². The van der Waals surface area contributed by atoms with Crippen LogP contribution in [0.5, 0.6) is 0 Å². The number of nitrogens with zero attached hydrogens (tertiary/aromatic N) is 2. The monoisotopic (exact) mass is 240 g/mol. The first-order chi connectivity index (χ1) is 8.15. The zero-order chi connectivity index (χ0) is 12.3. The number of hydrogen-bond acceptors (Lipinski definition) is 3. The van der Waals surface area contributed by atoms with E-state index in [1.807, 2.05) is 13.8 Å². The summed E-state index contributed by atoms with van der Waals surface area (Å²) in [5.41, 5.74) is 5.77. The molecule has 0 amide bonds. The van der Waals surface area contributed by atoms with E-state index in [-0.39, 0.29) is 6.10 Å². The molecule has 2 atom stereocenters. The third-order valence-corrected chi connectivity index (χ3v) is 3.36. The minimum atomic E-state index is 0.205. The highest BCUT2D eigenvalue weighted by molar-refractivity contribution is 5.78. The molecule has 2 heterocycles. The maximum absolute atomic E-state index is 5.82. The van der Waals surface area contributed by atoms with Crippen LogP contribution < -0.4 is 11.1 Å². The number of fused-ring (bicyclic) bond motifs is 1. The number of aliphatic imine (C=N–C) groups is 1. The normalized spacial score (nSPS) is 30.6. The van der Waals surface area contributed by atoms with Crippen molar-refractivity contribution in [1.82, 2.24) is 10.2 Å². The Hall–Kier alpha value is -0.810. The molecule has 2 aliphatic rings. The summed E-state index contributed by atoms with van der Waals surface area (Å²) >= 11 is 0. The van der Waals surface area contributed by atoms with Gasteiger partial charge >= 0.3 is 0 Å². The molecule has 2 fully saturated rings. The molecular formula is C12H24N4O. The highest BCUT2D eigenvalue weighted by Gasteiger charge is 2.31. The average molecular weight is 240 g/mol. The molecule has 2 aliphatic heterocycles. The van der Waals surface area contributed by atoms with Crippen molar-refractivity contribution in [2.75, 3.05) is 26.2 Å². The second kappa shape index (κ2) is 5.69. The van der Waals surface area contributed by atoms with E-state index in [0.717, 1.165) is 13.2 Å². The van der Waals surface area contributed by atoms with Gasteiger partial charge in [0.15, 0.2) is 5.96 Å². The summed E-state index contributed by atoms with van der Waals surface area (Å²) in [6.07, 6.45) is 2.80. The Morgan fingerprint density at radius 2 is 2.41 bits per heavy atom. The summed E-state index contributed by atoms with van der Waals surface area (Å²) in [5, 5.41) is 3.09. The first-order valence-corrected chi connectivity index (χ1v) is 6.57. The summed E-state index contributed by atoms with van der Waals surface area (Å²) < 4.78 is 5.82. The molecule has 0 spiro atoms. The lowest BCUT2D eigenvalue weighted by Gasteiger charge is -2.34. The van der Waals surface area contributed by atoms with Gasteiger partial charge in [0.1, 0.15) is 0 Å². The van der Waals surface area contributed by atoms with Crippen molar-refractivity contribution in [1.29, 1.82) is 0 Å². The number of morpholine rings is 1. The third kappa shape index (κ3) is 3.57. The van der Waals surface area contributed by atoms with Crippen molar-refractivity contribution in [2.24, 2.45) is 10.7 Å². The lowest BCUT2D eigenvalue weighted by atomic mass is 10.2. The van der Waals surface area contributed by atoms with Crippen molar-refractivity contribution < 1.29 is 4.74 Å². The summed E-state index contributed by atoms with van der Waals surface area (Å²) in [7, 11) is 0. The van der Waals surface area contributed by atoms with Crippen LogP contribution in [0, 0.1) is 0 Å². The quantitative estimate of drug-likeness (QED) is 0.545. The van der Waals surface area contributed by atoms with Crippen LogP contribution >= 0.6 is 0 Å². The molecule has 2 rings (SSSR count). The van der Waals surface area contributed by atoms with Crippen LogP contribution in [0.25, 0.3) is 0 Å². The minimum Gasteiger partial charge on any atom is -0.373 e. The zero-order valence-electron chi connectivity index (χ0n) is 10.9. The van der Waals surface area contributed by atoms with Crippen LogP contribution in [0.4, 0.5) is 0 Å². The molecule has 0 bridgehead atoms. The van der Waals surface area contributed by atoms with Crippen LogP contribution in [0.3, 0.4) is 0 Å². The Morgan fingerprint density at radius 3 is 3.18 bits per heavy atom. The number of hydrogen-bond donors (Lipinski definition) is 2. The number of ether oxygens (including phenoxy) is 1. The van der Waals surface area contributed by atoms with E-state index in [2.05, 4.69) is 15.2 Å². The second-order valence-corrected chi connectivity index (χ2v) is 5.27. The van der Waals surface area contributed by atoms with Gasteiger partial charge in [-0.25, -0.2) is 0 Å². The summed E-state index contributed by atoms with van der Waals surface area (Å²) in [6.45, 7) is 7.84. The van der Waals surface area contributed by atoms with Gasteiger partial charge in [-0.05, 0) is 33.2 Å². The van der Waals surface area contributed by atoms with E-state index < -0.39 is 0 Å². The molecule has 0 aromatic heterocycles. The topological polar surface area (TPSA) is 62.9 Å². The molecule has 3 N–H and O–H groups in total. The molecule has 5 heteroatoms. The molecule has 0 aromatic carbocycles. The van der Waals surface area contributed by atoms with Gasteiger partial charge in [-0.2, -0.15) is 0 Å². The van der Waals surface area contributed by atoms with Gasteiger partial charge in [-0.15, -0.1) is 0 Å². The van der Waals surface area contributed by atoms with Crippen molar-refractivity contribution in [3.8, 4) is 0 Å². The Balaban J connectivity index is 1.76. The predicted molar refractivity (Wildman–Crippen MR) is 69.1 cm³/mol.